The number of allylic oxidation sites excluding steroid dienone is 34. The summed E-state index contributed by atoms with van der Waals surface area (Å²) in [6.07, 6.45) is 56.6. The van der Waals surface area contributed by atoms with Gasteiger partial charge in [-0.2, -0.15) is 0 Å². The molecule has 0 unspecified atom stereocenters. The average Bonchev–Trinajstić information content (AvgIpc) is 3.38. The second-order valence-corrected chi connectivity index (χ2v) is 15.7. The highest BCUT2D eigenvalue weighted by molar-refractivity contribution is 5.84. The Hall–Kier alpha value is -6.51. The summed E-state index contributed by atoms with van der Waals surface area (Å²) in [6, 6.07) is 2.20. The molecule has 70 heavy (non-hydrogen) atoms. The summed E-state index contributed by atoms with van der Waals surface area (Å²) in [5, 5.41) is 0. The maximum Gasteiger partial charge on any atom is 0.361 e. The summed E-state index contributed by atoms with van der Waals surface area (Å²) < 4.78 is 14.1. The standard InChI is InChI=1S/C61H67O2.3C2H6.CH4/c1-11-21-32-44(19-9)57-42-55(46(26-13-3)27-14-4)53-38-24-36-51(60(53)62-57)40-49-34-23-35-50(59(49)48(30-17-7)31-18-8)41-52-37-25-39-54-56(47(28-15-5)29-16-6)43-58(63-61(52)54)45(20-10)33-22-12-2;3*1-2;/h11-22,26-33,40-43H,1-3,5,7,23-25,34-39H2,4,6,8-10H3;3*1-2H3;1H4/q+1;;;;/b27-14-,29-16-,31-18-,32-21-,33-22-,44-19+,45-20+,46-26+,47-28+,48-30+;;;;. The van der Waals surface area contributed by atoms with Crippen LogP contribution in [0, 0.1) is 0 Å². The van der Waals surface area contributed by atoms with Crippen molar-refractivity contribution in [1.82, 2.24) is 0 Å². The molecule has 4 aliphatic rings. The molecule has 372 valence electrons. The molecule has 0 N–H and O–H groups in total. The lowest BCUT2D eigenvalue weighted by Gasteiger charge is -2.31. The number of rotatable bonds is 17. The van der Waals surface area contributed by atoms with Crippen molar-refractivity contribution in [2.45, 2.75) is 141 Å². The van der Waals surface area contributed by atoms with E-state index in [-0.39, 0.29) is 7.43 Å². The minimum absolute atomic E-state index is 0. The third-order valence-electron chi connectivity index (χ3n) is 11.6. The molecule has 0 aromatic carbocycles. The highest BCUT2D eigenvalue weighted by Crippen LogP contribution is 2.46. The van der Waals surface area contributed by atoms with Crippen LogP contribution < -0.4 is 0 Å². The Kier molecular flexibility index (Phi) is 30.5. The van der Waals surface area contributed by atoms with Gasteiger partial charge in [0.15, 0.2) is 0 Å². The van der Waals surface area contributed by atoms with Gasteiger partial charge in [0.1, 0.15) is 11.5 Å². The van der Waals surface area contributed by atoms with E-state index < -0.39 is 0 Å². The fraction of sp³-hybridized carbons (Fsp3) is 0.309. The Morgan fingerprint density at radius 3 is 1.66 bits per heavy atom. The highest BCUT2D eigenvalue weighted by Gasteiger charge is 2.34. The smallest absolute Gasteiger partial charge is 0.361 e. The van der Waals surface area contributed by atoms with Crippen LogP contribution in [0.2, 0.25) is 0 Å². The largest absolute Gasteiger partial charge is 0.456 e. The molecule has 0 radical (unpaired) electrons. The molecule has 3 aliphatic carbocycles. The number of ether oxygens (including phenoxy) is 1. The van der Waals surface area contributed by atoms with Crippen molar-refractivity contribution >= 4 is 16.7 Å². The number of hydrogen-bond donors (Lipinski definition) is 0. The van der Waals surface area contributed by atoms with E-state index in [0.717, 1.165) is 109 Å². The third-order valence-corrected chi connectivity index (χ3v) is 11.6. The molecule has 0 saturated carbocycles. The zero-order valence-corrected chi connectivity index (χ0v) is 44.6. The van der Waals surface area contributed by atoms with E-state index >= 15 is 0 Å². The van der Waals surface area contributed by atoms with E-state index in [9.17, 15) is 0 Å². The molecule has 5 rings (SSSR count). The van der Waals surface area contributed by atoms with E-state index in [1.54, 1.807) is 12.2 Å². The minimum atomic E-state index is 0. The summed E-state index contributed by atoms with van der Waals surface area (Å²) in [5.41, 5.74) is 16.6. The van der Waals surface area contributed by atoms with Crippen LogP contribution in [0.15, 0.2) is 245 Å². The Bertz CT molecular complexity index is 2490. The van der Waals surface area contributed by atoms with Gasteiger partial charge in [0.2, 0.25) is 0 Å². The van der Waals surface area contributed by atoms with Crippen LogP contribution in [0.3, 0.4) is 0 Å². The lowest BCUT2D eigenvalue weighted by molar-refractivity contribution is 0.305. The maximum absolute atomic E-state index is 7.03. The molecule has 1 aliphatic heterocycles. The predicted octanol–water partition coefficient (Wildman–Crippen LogP) is 21.4. The maximum atomic E-state index is 7.03. The molecule has 2 heterocycles. The molecule has 0 amide bonds. The van der Waals surface area contributed by atoms with E-state index in [2.05, 4.69) is 171 Å². The molecule has 1 aromatic heterocycles. The number of fused-ring (bicyclic) bond motifs is 2. The lowest BCUT2D eigenvalue weighted by atomic mass is 9.78. The van der Waals surface area contributed by atoms with Crippen molar-refractivity contribution in [2.75, 3.05) is 0 Å². The van der Waals surface area contributed by atoms with Gasteiger partial charge in [-0.1, -0.05) is 203 Å². The molecule has 2 heteroatoms. The monoisotopic (exact) mass is 938 g/mol. The lowest BCUT2D eigenvalue weighted by Crippen LogP contribution is -2.14. The Balaban J connectivity index is 0.00000337. The second kappa shape index (κ2) is 34.7. The Labute approximate surface area is 428 Å². The SMILES string of the molecule is C.C=C/C=C\C(=C/C)C1=CC(C(/C=C\C)=C/C=C)=C2CCCC(/C=C3\CCCC(/C=C4\CCCc5c(C(/C=C\C)=C/C=C)cc(C(/C=C\C=C)=C/C)[o+]c54)=C3C(/C=C\C)=C/C=C)=C2O1.CC.CC.CC. The summed E-state index contributed by atoms with van der Waals surface area (Å²) in [4.78, 5) is 0. The fourth-order valence-corrected chi connectivity index (χ4v) is 8.91. The van der Waals surface area contributed by atoms with Gasteiger partial charge in [-0.25, -0.2) is 4.42 Å². The summed E-state index contributed by atoms with van der Waals surface area (Å²) >= 11 is 0. The molecule has 2 nitrogen and oxygen atoms in total. The Morgan fingerprint density at radius 1 is 0.543 bits per heavy atom. The van der Waals surface area contributed by atoms with Crippen molar-refractivity contribution in [3.63, 3.8) is 0 Å². The Morgan fingerprint density at radius 2 is 1.06 bits per heavy atom. The second-order valence-electron chi connectivity index (χ2n) is 15.7. The van der Waals surface area contributed by atoms with Gasteiger partial charge in [0.25, 0.3) is 0 Å². The van der Waals surface area contributed by atoms with E-state index in [1.165, 1.54) is 50.1 Å². The van der Waals surface area contributed by atoms with Crippen LogP contribution in [0.25, 0.3) is 16.7 Å². The van der Waals surface area contributed by atoms with Gasteiger partial charge in [-0.3, -0.25) is 0 Å². The minimum Gasteiger partial charge on any atom is -0.456 e. The van der Waals surface area contributed by atoms with Crippen molar-refractivity contribution < 1.29 is 9.15 Å². The van der Waals surface area contributed by atoms with Gasteiger partial charge in [0, 0.05) is 16.7 Å². The molecule has 0 saturated heterocycles. The van der Waals surface area contributed by atoms with Crippen molar-refractivity contribution in [2.24, 2.45) is 0 Å². The molecule has 0 fully saturated rings. The zero-order chi connectivity index (χ0) is 51.1. The summed E-state index contributed by atoms with van der Waals surface area (Å²) in [7, 11) is 0. The normalized spacial score (nSPS) is 18.1. The third kappa shape index (κ3) is 16.3. The molecule has 0 atom stereocenters. The fourth-order valence-electron chi connectivity index (χ4n) is 8.91. The molecular weight excluding hydrogens is 849 g/mol. The van der Waals surface area contributed by atoms with E-state index in [0.29, 0.717) is 0 Å². The first-order chi connectivity index (χ1) is 33.8. The van der Waals surface area contributed by atoms with E-state index in [1.807, 2.05) is 71.9 Å². The van der Waals surface area contributed by atoms with Crippen LogP contribution >= 0.6 is 0 Å². The van der Waals surface area contributed by atoms with Crippen LogP contribution in [-0.2, 0) is 11.2 Å². The van der Waals surface area contributed by atoms with Gasteiger partial charge in [0.05, 0.1) is 22.8 Å². The quantitative estimate of drug-likeness (QED) is 0.115. The van der Waals surface area contributed by atoms with Crippen molar-refractivity contribution in [3.8, 4) is 0 Å². The molecule has 0 bridgehead atoms. The topological polar surface area (TPSA) is 20.5 Å². The highest BCUT2D eigenvalue weighted by atomic mass is 16.5. The first-order valence-electron chi connectivity index (χ1n) is 25.6. The summed E-state index contributed by atoms with van der Waals surface area (Å²) in [6.45, 7) is 42.5. The predicted molar refractivity (Wildman–Crippen MR) is 316 cm³/mol. The van der Waals surface area contributed by atoms with Crippen molar-refractivity contribution in [3.05, 3.63) is 263 Å². The van der Waals surface area contributed by atoms with Crippen LogP contribution in [0.4, 0.5) is 0 Å². The van der Waals surface area contributed by atoms with E-state index in [4.69, 9.17) is 9.15 Å². The van der Waals surface area contributed by atoms with Gasteiger partial charge >= 0.3 is 11.5 Å². The molecule has 0 spiro atoms. The van der Waals surface area contributed by atoms with Gasteiger partial charge in [-0.05, 0) is 155 Å². The van der Waals surface area contributed by atoms with Crippen LogP contribution in [0.5, 0.6) is 0 Å². The first-order valence-corrected chi connectivity index (χ1v) is 25.6. The number of hydrogen-bond acceptors (Lipinski definition) is 1. The van der Waals surface area contributed by atoms with Crippen molar-refractivity contribution in [1.29, 1.82) is 0 Å². The van der Waals surface area contributed by atoms with Gasteiger partial charge in [-0.15, -0.1) is 0 Å². The zero-order valence-electron chi connectivity index (χ0n) is 44.6. The average molecular weight is 938 g/mol. The van der Waals surface area contributed by atoms with Crippen LogP contribution in [-0.4, -0.2) is 0 Å². The molecular formula is C68H89O2+. The first kappa shape index (κ1) is 61.5. The van der Waals surface area contributed by atoms with Gasteiger partial charge < -0.3 is 4.74 Å². The van der Waals surface area contributed by atoms with Crippen LogP contribution in [0.1, 0.15) is 158 Å². The molecule has 1 aromatic rings. The summed E-state index contributed by atoms with van der Waals surface area (Å²) in [5.74, 6) is 3.58.